The summed E-state index contributed by atoms with van der Waals surface area (Å²) < 4.78 is 57.7. The number of carbonyl (C=O) groups excluding carboxylic acids is 1. The number of nitrogens with one attached hydrogen (secondary N) is 1. The zero-order valence-corrected chi connectivity index (χ0v) is 19.7. The second kappa shape index (κ2) is 9.99. The third kappa shape index (κ3) is 5.85. The van der Waals surface area contributed by atoms with Crippen LogP contribution in [-0.2, 0) is 36.1 Å². The van der Waals surface area contributed by atoms with Crippen molar-refractivity contribution in [2.45, 2.75) is 18.4 Å². The number of carbonyl (C=O) groups is 1. The van der Waals surface area contributed by atoms with E-state index in [2.05, 4.69) is 5.32 Å². The maximum atomic E-state index is 12.8. The highest BCUT2D eigenvalue weighted by molar-refractivity contribution is 7.92. The van der Waals surface area contributed by atoms with Crippen molar-refractivity contribution in [2.75, 3.05) is 43.4 Å². The minimum Gasteiger partial charge on any atom is -0.379 e. The Balaban J connectivity index is 1.73. The lowest BCUT2D eigenvalue weighted by Gasteiger charge is -2.26. The minimum atomic E-state index is -3.78. The second-order valence-electron chi connectivity index (χ2n) is 7.48. The number of rotatable bonds is 8. The number of amides is 1. The molecule has 174 valence electrons. The Bertz CT molecular complexity index is 1160. The minimum absolute atomic E-state index is 0.0561. The zero-order valence-electron chi connectivity index (χ0n) is 18.0. The smallest absolute Gasteiger partial charge is 0.243 e. The van der Waals surface area contributed by atoms with Crippen LogP contribution in [0.4, 0.5) is 5.69 Å². The summed E-state index contributed by atoms with van der Waals surface area (Å²) in [5.41, 5.74) is 2.16. The molecule has 11 heteroatoms. The number of ether oxygens (including phenoxy) is 1. The van der Waals surface area contributed by atoms with Crippen LogP contribution in [0.3, 0.4) is 0 Å². The molecule has 1 aliphatic rings. The Kier molecular flexibility index (Phi) is 7.55. The SMILES string of the molecule is Cc1ccccc1CNC(=O)CN(c1ccc(S(=O)(=O)N2CCOCC2)cc1)S(C)(=O)=O. The molecule has 3 rings (SSSR count). The molecule has 0 spiro atoms. The number of hydrogen-bond donors (Lipinski definition) is 1. The molecule has 2 aromatic rings. The van der Waals surface area contributed by atoms with Crippen molar-refractivity contribution < 1.29 is 26.4 Å². The Morgan fingerprint density at radius 2 is 1.66 bits per heavy atom. The molecular weight excluding hydrogens is 454 g/mol. The average molecular weight is 482 g/mol. The molecule has 2 aromatic carbocycles. The Morgan fingerprint density at radius 3 is 2.25 bits per heavy atom. The van der Waals surface area contributed by atoms with E-state index in [4.69, 9.17) is 4.74 Å². The summed E-state index contributed by atoms with van der Waals surface area (Å²) in [4.78, 5) is 12.5. The number of nitrogens with zero attached hydrogens (tertiary/aromatic N) is 2. The molecule has 0 aromatic heterocycles. The maximum Gasteiger partial charge on any atom is 0.243 e. The summed E-state index contributed by atoms with van der Waals surface area (Å²) >= 11 is 0. The van der Waals surface area contributed by atoms with Gasteiger partial charge in [0.05, 0.1) is 30.1 Å². The van der Waals surface area contributed by atoms with Gasteiger partial charge in [-0.1, -0.05) is 24.3 Å². The van der Waals surface area contributed by atoms with E-state index in [9.17, 15) is 21.6 Å². The zero-order chi connectivity index (χ0) is 23.4. The first-order chi connectivity index (χ1) is 15.1. The van der Waals surface area contributed by atoms with Gasteiger partial charge in [-0.3, -0.25) is 9.10 Å². The number of aryl methyl sites for hydroxylation is 1. The molecule has 1 heterocycles. The summed E-state index contributed by atoms with van der Waals surface area (Å²) in [6, 6.07) is 13.1. The monoisotopic (exact) mass is 481 g/mol. The van der Waals surface area contributed by atoms with Crippen LogP contribution in [-0.4, -0.2) is 66.2 Å². The number of anilines is 1. The fraction of sp³-hybridized carbons (Fsp3) is 0.381. The van der Waals surface area contributed by atoms with Gasteiger partial charge >= 0.3 is 0 Å². The van der Waals surface area contributed by atoms with Gasteiger partial charge in [0.1, 0.15) is 6.54 Å². The largest absolute Gasteiger partial charge is 0.379 e. The van der Waals surface area contributed by atoms with Crippen molar-refractivity contribution in [1.29, 1.82) is 0 Å². The standard InChI is InChI=1S/C21H27N3O6S2/c1-17-5-3-4-6-18(17)15-22-21(25)16-24(31(2,26)27)19-7-9-20(10-8-19)32(28,29)23-11-13-30-14-12-23/h3-10H,11-16H2,1-2H3,(H,22,25). The van der Waals surface area contributed by atoms with Gasteiger partial charge < -0.3 is 10.1 Å². The van der Waals surface area contributed by atoms with E-state index >= 15 is 0 Å². The molecule has 0 atom stereocenters. The molecule has 1 aliphatic heterocycles. The van der Waals surface area contributed by atoms with Gasteiger partial charge in [0, 0.05) is 19.6 Å². The molecule has 0 aliphatic carbocycles. The summed E-state index contributed by atoms with van der Waals surface area (Å²) in [7, 11) is -7.48. The van der Waals surface area contributed by atoms with Crippen LogP contribution in [0.25, 0.3) is 0 Å². The van der Waals surface area contributed by atoms with Crippen molar-refractivity contribution in [3.8, 4) is 0 Å². The van der Waals surface area contributed by atoms with Gasteiger partial charge in [-0.2, -0.15) is 4.31 Å². The Labute approximate surface area is 189 Å². The number of sulfonamides is 2. The molecule has 1 N–H and O–H groups in total. The Hall–Kier alpha value is -2.47. The quantitative estimate of drug-likeness (QED) is 0.604. The molecular formula is C21H27N3O6S2. The summed E-state index contributed by atoms with van der Waals surface area (Å²) in [6.45, 7) is 2.98. The summed E-state index contributed by atoms with van der Waals surface area (Å²) in [5, 5.41) is 2.73. The van der Waals surface area contributed by atoms with E-state index in [0.717, 1.165) is 21.7 Å². The van der Waals surface area contributed by atoms with Gasteiger partial charge in [-0.25, -0.2) is 16.8 Å². The lowest BCUT2D eigenvalue weighted by molar-refractivity contribution is -0.119. The molecule has 0 saturated carbocycles. The van der Waals surface area contributed by atoms with Crippen LogP contribution in [0.15, 0.2) is 53.4 Å². The van der Waals surface area contributed by atoms with Gasteiger partial charge in [-0.15, -0.1) is 0 Å². The average Bonchev–Trinajstić information content (AvgIpc) is 2.77. The lowest BCUT2D eigenvalue weighted by Crippen LogP contribution is -2.41. The van der Waals surface area contributed by atoms with Crippen molar-refractivity contribution in [1.82, 2.24) is 9.62 Å². The first-order valence-corrected chi connectivity index (χ1v) is 13.3. The van der Waals surface area contributed by atoms with Crippen LogP contribution in [0.1, 0.15) is 11.1 Å². The van der Waals surface area contributed by atoms with Crippen LogP contribution < -0.4 is 9.62 Å². The predicted octanol–water partition coefficient (Wildman–Crippen LogP) is 1.10. The van der Waals surface area contributed by atoms with Gasteiger partial charge in [0.25, 0.3) is 0 Å². The third-order valence-electron chi connectivity index (χ3n) is 5.16. The predicted molar refractivity (Wildman–Crippen MR) is 121 cm³/mol. The molecule has 9 nitrogen and oxygen atoms in total. The molecule has 1 saturated heterocycles. The first-order valence-electron chi connectivity index (χ1n) is 10.1. The fourth-order valence-corrected chi connectivity index (χ4v) is 5.57. The second-order valence-corrected chi connectivity index (χ2v) is 11.3. The fourth-order valence-electron chi connectivity index (χ4n) is 3.31. The molecule has 32 heavy (non-hydrogen) atoms. The normalized spacial score (nSPS) is 15.3. The van der Waals surface area contributed by atoms with Crippen molar-refractivity contribution in [3.63, 3.8) is 0 Å². The molecule has 0 unspecified atom stereocenters. The molecule has 1 amide bonds. The van der Waals surface area contributed by atoms with Crippen LogP contribution in [0.2, 0.25) is 0 Å². The molecule has 0 radical (unpaired) electrons. The number of hydrogen-bond acceptors (Lipinski definition) is 6. The molecule has 1 fully saturated rings. The van der Waals surface area contributed by atoms with E-state index in [1.54, 1.807) is 0 Å². The topological polar surface area (TPSA) is 113 Å². The summed E-state index contributed by atoms with van der Waals surface area (Å²) in [5.74, 6) is -0.469. The van der Waals surface area contributed by atoms with Crippen LogP contribution in [0, 0.1) is 6.92 Å². The highest BCUT2D eigenvalue weighted by atomic mass is 32.2. The van der Waals surface area contributed by atoms with E-state index in [-0.39, 0.29) is 30.2 Å². The lowest BCUT2D eigenvalue weighted by atomic mass is 10.1. The van der Waals surface area contributed by atoms with E-state index < -0.39 is 32.5 Å². The van der Waals surface area contributed by atoms with Crippen LogP contribution in [0.5, 0.6) is 0 Å². The van der Waals surface area contributed by atoms with Gasteiger partial charge in [-0.05, 0) is 42.3 Å². The van der Waals surface area contributed by atoms with Crippen LogP contribution >= 0.6 is 0 Å². The Morgan fingerprint density at radius 1 is 1.03 bits per heavy atom. The van der Waals surface area contributed by atoms with Gasteiger partial charge in [0.15, 0.2) is 0 Å². The van der Waals surface area contributed by atoms with E-state index in [1.807, 2.05) is 31.2 Å². The summed E-state index contributed by atoms with van der Waals surface area (Å²) in [6.07, 6.45) is 1.00. The van der Waals surface area contributed by atoms with E-state index in [0.29, 0.717) is 13.2 Å². The van der Waals surface area contributed by atoms with Crippen molar-refractivity contribution >= 4 is 31.6 Å². The highest BCUT2D eigenvalue weighted by Gasteiger charge is 2.27. The van der Waals surface area contributed by atoms with Gasteiger partial charge in [0.2, 0.25) is 26.0 Å². The number of morpholine rings is 1. The van der Waals surface area contributed by atoms with E-state index in [1.165, 1.54) is 28.6 Å². The highest BCUT2D eigenvalue weighted by Crippen LogP contribution is 2.23. The van der Waals surface area contributed by atoms with Crippen molar-refractivity contribution in [3.05, 3.63) is 59.7 Å². The maximum absolute atomic E-state index is 12.8. The molecule has 0 bridgehead atoms. The first kappa shape index (κ1) is 24.2. The number of benzene rings is 2. The van der Waals surface area contributed by atoms with Crippen molar-refractivity contribution in [2.24, 2.45) is 0 Å². The third-order valence-corrected chi connectivity index (χ3v) is 8.21.